The highest BCUT2D eigenvalue weighted by atomic mass is 19.4. The molecule has 0 bridgehead atoms. The van der Waals surface area contributed by atoms with E-state index in [2.05, 4.69) is 5.32 Å². The normalized spacial score (nSPS) is 17.9. The number of carbonyl (C=O) groups is 1. The van der Waals surface area contributed by atoms with Gasteiger partial charge in [-0.05, 0) is 42.0 Å². The Hall–Kier alpha value is -3.49. The van der Waals surface area contributed by atoms with Crippen LogP contribution < -0.4 is 14.8 Å². The van der Waals surface area contributed by atoms with Crippen molar-refractivity contribution < 1.29 is 36.2 Å². The number of benzene rings is 2. The fourth-order valence-corrected chi connectivity index (χ4v) is 3.91. The maximum absolute atomic E-state index is 14.2. The summed E-state index contributed by atoms with van der Waals surface area (Å²) in [5.41, 5.74) is -0.629. The van der Waals surface area contributed by atoms with Gasteiger partial charge in [0.15, 0.2) is 0 Å². The van der Waals surface area contributed by atoms with Crippen molar-refractivity contribution >= 4 is 11.6 Å². The molecule has 5 nitrogen and oxygen atoms in total. The Balaban J connectivity index is 1.94. The quantitative estimate of drug-likeness (QED) is 0.577. The molecule has 31 heavy (non-hydrogen) atoms. The van der Waals surface area contributed by atoms with Crippen molar-refractivity contribution in [3.8, 4) is 11.5 Å². The number of halogens is 4. The van der Waals surface area contributed by atoms with Crippen molar-refractivity contribution in [3.05, 3.63) is 77.0 Å². The van der Waals surface area contributed by atoms with Gasteiger partial charge in [-0.1, -0.05) is 6.07 Å². The zero-order chi connectivity index (χ0) is 22.4. The lowest BCUT2D eigenvalue weighted by molar-refractivity contribution is -0.153. The van der Waals surface area contributed by atoms with E-state index in [1.165, 1.54) is 32.4 Å². The number of methoxy groups -OCH3 is 2. The van der Waals surface area contributed by atoms with Gasteiger partial charge in [0.2, 0.25) is 11.7 Å². The molecule has 0 fully saturated rings. The Labute approximate surface area is 174 Å². The van der Waals surface area contributed by atoms with Crippen molar-refractivity contribution in [2.75, 3.05) is 19.5 Å². The maximum Gasteiger partial charge on any atom is 0.449 e. The third-order valence-corrected chi connectivity index (χ3v) is 5.33. The molecule has 1 aliphatic heterocycles. The summed E-state index contributed by atoms with van der Waals surface area (Å²) < 4.78 is 69.0. The second kappa shape index (κ2) is 7.33. The fraction of sp³-hybridized carbons (Fsp3) is 0.227. The summed E-state index contributed by atoms with van der Waals surface area (Å²) in [5, 5.41) is 2.69. The van der Waals surface area contributed by atoms with Crippen molar-refractivity contribution in [3.63, 3.8) is 0 Å². The smallest absolute Gasteiger partial charge is 0.449 e. The minimum absolute atomic E-state index is 0.0857. The molecule has 162 valence electrons. The van der Waals surface area contributed by atoms with E-state index in [0.29, 0.717) is 17.0 Å². The van der Waals surface area contributed by atoms with Crippen LogP contribution in [0.3, 0.4) is 0 Å². The Kier molecular flexibility index (Phi) is 4.91. The van der Waals surface area contributed by atoms with Crippen LogP contribution in [0, 0.1) is 5.82 Å². The summed E-state index contributed by atoms with van der Waals surface area (Å²) >= 11 is 0. The zero-order valence-electron chi connectivity index (χ0n) is 16.5. The molecule has 2 aromatic carbocycles. The van der Waals surface area contributed by atoms with Gasteiger partial charge >= 0.3 is 6.18 Å². The summed E-state index contributed by atoms with van der Waals surface area (Å²) in [4.78, 5) is 13.3. The largest absolute Gasteiger partial charge is 0.497 e. The molecule has 0 saturated heterocycles. The van der Waals surface area contributed by atoms with Crippen LogP contribution in [-0.4, -0.2) is 20.1 Å². The average molecular weight is 435 g/mol. The Morgan fingerprint density at radius 1 is 1.00 bits per heavy atom. The van der Waals surface area contributed by atoms with Crippen LogP contribution in [0.2, 0.25) is 0 Å². The molecule has 4 rings (SSSR count). The third kappa shape index (κ3) is 3.39. The predicted octanol–water partition coefficient (Wildman–Crippen LogP) is 4.94. The molecule has 1 aromatic heterocycles. The molecule has 1 unspecified atom stereocenters. The van der Waals surface area contributed by atoms with Gasteiger partial charge in [-0.25, -0.2) is 4.39 Å². The van der Waals surface area contributed by atoms with E-state index in [-0.39, 0.29) is 23.5 Å². The van der Waals surface area contributed by atoms with E-state index in [1.54, 1.807) is 18.2 Å². The molecule has 0 aliphatic carbocycles. The van der Waals surface area contributed by atoms with Crippen LogP contribution >= 0.6 is 0 Å². The number of furan rings is 1. The average Bonchev–Trinajstić information content (AvgIpc) is 3.31. The van der Waals surface area contributed by atoms with E-state index in [4.69, 9.17) is 13.9 Å². The molecule has 0 saturated carbocycles. The third-order valence-electron chi connectivity index (χ3n) is 5.33. The molecule has 1 N–H and O–H groups in total. The first-order chi connectivity index (χ1) is 14.7. The Bertz CT molecular complexity index is 1150. The number of hydrogen-bond acceptors (Lipinski definition) is 4. The van der Waals surface area contributed by atoms with Gasteiger partial charge in [0, 0.05) is 23.7 Å². The molecule has 1 atom stereocenters. The highest BCUT2D eigenvalue weighted by Crippen LogP contribution is 2.49. The Morgan fingerprint density at radius 3 is 2.42 bits per heavy atom. The molecule has 0 spiro atoms. The SMILES string of the molecule is COc1ccc(C2(Cc3ccc(C(F)(F)F)o3)C(=O)Nc3ccc(F)cc32)c(OC)c1. The number of anilines is 1. The van der Waals surface area contributed by atoms with Crippen LogP contribution in [0.25, 0.3) is 0 Å². The lowest BCUT2D eigenvalue weighted by atomic mass is 9.71. The van der Waals surface area contributed by atoms with Gasteiger partial charge in [-0.15, -0.1) is 0 Å². The van der Waals surface area contributed by atoms with Gasteiger partial charge in [-0.2, -0.15) is 13.2 Å². The second-order valence-corrected chi connectivity index (χ2v) is 7.06. The highest BCUT2D eigenvalue weighted by molar-refractivity contribution is 6.09. The number of alkyl halides is 3. The number of hydrogen-bond donors (Lipinski definition) is 1. The van der Waals surface area contributed by atoms with E-state index in [1.807, 2.05) is 0 Å². The van der Waals surface area contributed by atoms with Crippen LogP contribution in [0.5, 0.6) is 11.5 Å². The first-order valence-corrected chi connectivity index (χ1v) is 9.19. The number of rotatable bonds is 5. The van der Waals surface area contributed by atoms with E-state index in [9.17, 15) is 22.4 Å². The zero-order valence-corrected chi connectivity index (χ0v) is 16.5. The molecule has 3 aromatic rings. The molecule has 0 radical (unpaired) electrons. The standard InChI is InChI=1S/C22H17F4NO4/c1-29-13-4-6-15(18(10-13)30-2)21(11-14-5-8-19(31-14)22(24,25)26)16-9-12(23)3-7-17(16)27-20(21)28/h3-10H,11H2,1-2H3,(H,27,28). The summed E-state index contributed by atoms with van der Waals surface area (Å²) in [7, 11) is 2.85. The van der Waals surface area contributed by atoms with Crippen LogP contribution in [0.1, 0.15) is 22.6 Å². The first-order valence-electron chi connectivity index (χ1n) is 9.19. The van der Waals surface area contributed by atoms with Crippen molar-refractivity contribution in [1.29, 1.82) is 0 Å². The lowest BCUT2D eigenvalue weighted by Crippen LogP contribution is -2.38. The van der Waals surface area contributed by atoms with Crippen LogP contribution in [0.4, 0.5) is 23.2 Å². The number of nitrogens with one attached hydrogen (secondary N) is 1. The topological polar surface area (TPSA) is 60.7 Å². The van der Waals surface area contributed by atoms with Gasteiger partial charge in [0.25, 0.3) is 0 Å². The summed E-state index contributed by atoms with van der Waals surface area (Å²) in [6, 6.07) is 10.4. The van der Waals surface area contributed by atoms with E-state index >= 15 is 0 Å². The van der Waals surface area contributed by atoms with Gasteiger partial charge in [-0.3, -0.25) is 4.79 Å². The molecule has 2 heterocycles. The number of ether oxygens (including phenoxy) is 2. The monoisotopic (exact) mass is 435 g/mol. The fourth-order valence-electron chi connectivity index (χ4n) is 3.91. The predicted molar refractivity (Wildman–Crippen MR) is 103 cm³/mol. The molecular weight excluding hydrogens is 418 g/mol. The number of amides is 1. The van der Waals surface area contributed by atoms with Gasteiger partial charge in [0.05, 0.1) is 14.2 Å². The van der Waals surface area contributed by atoms with Gasteiger partial charge in [0.1, 0.15) is 28.5 Å². The van der Waals surface area contributed by atoms with E-state index in [0.717, 1.165) is 12.1 Å². The molecule has 1 amide bonds. The van der Waals surface area contributed by atoms with Crippen LogP contribution in [0.15, 0.2) is 52.9 Å². The lowest BCUT2D eigenvalue weighted by Gasteiger charge is -2.29. The van der Waals surface area contributed by atoms with Crippen LogP contribution in [-0.2, 0) is 22.8 Å². The Morgan fingerprint density at radius 2 is 1.77 bits per heavy atom. The minimum atomic E-state index is -4.68. The number of carbonyl (C=O) groups excluding carboxylic acids is 1. The van der Waals surface area contributed by atoms with E-state index < -0.39 is 29.1 Å². The second-order valence-electron chi connectivity index (χ2n) is 7.06. The number of fused-ring (bicyclic) bond motifs is 1. The summed E-state index contributed by atoms with van der Waals surface area (Å²) in [6.45, 7) is 0. The summed E-state index contributed by atoms with van der Waals surface area (Å²) in [6.07, 6.45) is -4.96. The molecule has 1 aliphatic rings. The highest BCUT2D eigenvalue weighted by Gasteiger charge is 2.51. The minimum Gasteiger partial charge on any atom is -0.497 e. The molecular formula is C22H17F4NO4. The summed E-state index contributed by atoms with van der Waals surface area (Å²) in [5.74, 6) is -1.70. The first kappa shape index (κ1) is 20.8. The van der Waals surface area contributed by atoms with Gasteiger partial charge < -0.3 is 19.2 Å². The van der Waals surface area contributed by atoms with Crippen molar-refractivity contribution in [1.82, 2.24) is 0 Å². The maximum atomic E-state index is 14.2. The van der Waals surface area contributed by atoms with Crippen molar-refractivity contribution in [2.24, 2.45) is 0 Å². The van der Waals surface area contributed by atoms with Crippen molar-refractivity contribution in [2.45, 2.75) is 18.0 Å². The molecule has 9 heteroatoms.